The van der Waals surface area contributed by atoms with Gasteiger partial charge >= 0.3 is 12.0 Å². The van der Waals surface area contributed by atoms with Crippen LogP contribution in [0.5, 0.6) is 0 Å². The van der Waals surface area contributed by atoms with Gasteiger partial charge in [-0.15, -0.1) is 0 Å². The fourth-order valence-electron chi connectivity index (χ4n) is 1.65. The molecule has 0 heterocycles. The van der Waals surface area contributed by atoms with Crippen LogP contribution < -0.4 is 10.6 Å². The number of hydrogen-bond acceptors (Lipinski definition) is 2. The molecular weight excluding hydrogens is 263 g/mol. The number of urea groups is 1. The molecule has 20 heavy (non-hydrogen) atoms. The molecule has 0 aliphatic rings. The van der Waals surface area contributed by atoms with Crippen molar-refractivity contribution in [3.63, 3.8) is 0 Å². The van der Waals surface area contributed by atoms with E-state index in [-0.39, 0.29) is 12.4 Å². The van der Waals surface area contributed by atoms with Crippen molar-refractivity contribution in [3.8, 4) is 0 Å². The molecule has 0 fully saturated rings. The van der Waals surface area contributed by atoms with Crippen molar-refractivity contribution in [1.82, 2.24) is 10.6 Å². The second-order valence-electron chi connectivity index (χ2n) is 4.70. The standard InChI is InChI=1S/C14H19FN2O3/c1-9-7-12(15)4-3-11(9)5-6-16-14(20)17-8-10(2)13(18)19/h3-4,7,10H,5-6,8H2,1-2H3,(H,18,19)(H2,16,17,20). The second-order valence-corrected chi connectivity index (χ2v) is 4.70. The zero-order valence-corrected chi connectivity index (χ0v) is 11.6. The number of amides is 2. The molecule has 6 heteroatoms. The molecule has 5 nitrogen and oxygen atoms in total. The quantitative estimate of drug-likeness (QED) is 0.743. The monoisotopic (exact) mass is 282 g/mol. The number of nitrogens with one attached hydrogen (secondary N) is 2. The van der Waals surface area contributed by atoms with E-state index < -0.39 is 17.9 Å². The maximum Gasteiger partial charge on any atom is 0.314 e. The van der Waals surface area contributed by atoms with E-state index >= 15 is 0 Å². The fourth-order valence-corrected chi connectivity index (χ4v) is 1.65. The van der Waals surface area contributed by atoms with Gasteiger partial charge in [0.25, 0.3) is 0 Å². The summed E-state index contributed by atoms with van der Waals surface area (Å²) in [6, 6.07) is 4.12. The molecule has 3 N–H and O–H groups in total. The molecule has 0 aliphatic carbocycles. The predicted octanol–water partition coefficient (Wildman–Crippen LogP) is 1.70. The lowest BCUT2D eigenvalue weighted by Crippen LogP contribution is -2.40. The smallest absolute Gasteiger partial charge is 0.314 e. The van der Waals surface area contributed by atoms with Crippen LogP contribution >= 0.6 is 0 Å². The summed E-state index contributed by atoms with van der Waals surface area (Å²) in [6.45, 7) is 3.81. The molecule has 1 aromatic rings. The van der Waals surface area contributed by atoms with Gasteiger partial charge in [-0.2, -0.15) is 0 Å². The summed E-state index contributed by atoms with van der Waals surface area (Å²) in [4.78, 5) is 22.0. The minimum atomic E-state index is -0.952. The number of carboxylic acids is 1. The first kappa shape index (κ1) is 15.9. The Labute approximate surface area is 117 Å². The summed E-state index contributed by atoms with van der Waals surface area (Å²) < 4.78 is 12.9. The zero-order chi connectivity index (χ0) is 15.1. The van der Waals surface area contributed by atoms with Gasteiger partial charge in [-0.3, -0.25) is 4.79 Å². The van der Waals surface area contributed by atoms with Gasteiger partial charge in [0.05, 0.1) is 5.92 Å². The summed E-state index contributed by atoms with van der Waals surface area (Å²) in [5.41, 5.74) is 1.80. The number of hydrogen-bond donors (Lipinski definition) is 3. The average molecular weight is 282 g/mol. The second kappa shape index (κ2) is 7.47. The number of aryl methyl sites for hydroxylation is 1. The highest BCUT2D eigenvalue weighted by molar-refractivity contribution is 5.75. The number of benzene rings is 1. The maximum absolute atomic E-state index is 12.9. The third-order valence-electron chi connectivity index (χ3n) is 2.97. The van der Waals surface area contributed by atoms with Crippen LogP contribution in [0.15, 0.2) is 18.2 Å². The van der Waals surface area contributed by atoms with Gasteiger partial charge < -0.3 is 15.7 Å². The summed E-state index contributed by atoms with van der Waals surface area (Å²) in [5.74, 6) is -1.85. The van der Waals surface area contributed by atoms with Crippen molar-refractivity contribution in [2.45, 2.75) is 20.3 Å². The number of carbonyl (C=O) groups excluding carboxylic acids is 1. The lowest BCUT2D eigenvalue weighted by Gasteiger charge is -2.10. The summed E-state index contributed by atoms with van der Waals surface area (Å²) in [7, 11) is 0. The van der Waals surface area contributed by atoms with E-state index in [0.29, 0.717) is 13.0 Å². The first-order valence-electron chi connectivity index (χ1n) is 6.39. The van der Waals surface area contributed by atoms with Crippen LogP contribution in [0.1, 0.15) is 18.1 Å². The predicted molar refractivity (Wildman–Crippen MR) is 73.0 cm³/mol. The lowest BCUT2D eigenvalue weighted by molar-refractivity contribution is -0.140. The van der Waals surface area contributed by atoms with E-state index in [1.54, 1.807) is 6.07 Å². The van der Waals surface area contributed by atoms with Gasteiger partial charge in [-0.1, -0.05) is 13.0 Å². The third kappa shape index (κ3) is 5.26. The summed E-state index contributed by atoms with van der Waals surface area (Å²) >= 11 is 0. The molecule has 0 aromatic heterocycles. The van der Waals surface area contributed by atoms with Gasteiger partial charge in [0.2, 0.25) is 0 Å². The Morgan fingerprint density at radius 3 is 2.65 bits per heavy atom. The van der Waals surface area contributed by atoms with Crippen molar-refractivity contribution in [3.05, 3.63) is 35.1 Å². The zero-order valence-electron chi connectivity index (χ0n) is 11.6. The van der Waals surface area contributed by atoms with Crippen LogP contribution in [0, 0.1) is 18.7 Å². The van der Waals surface area contributed by atoms with Crippen LogP contribution in [0.2, 0.25) is 0 Å². The Hall–Kier alpha value is -2.11. The van der Waals surface area contributed by atoms with Gasteiger partial charge in [-0.25, -0.2) is 9.18 Å². The van der Waals surface area contributed by atoms with Crippen LogP contribution in [0.3, 0.4) is 0 Å². The van der Waals surface area contributed by atoms with Crippen LogP contribution in [0.4, 0.5) is 9.18 Å². The van der Waals surface area contributed by atoms with E-state index in [4.69, 9.17) is 5.11 Å². The third-order valence-corrected chi connectivity index (χ3v) is 2.97. The molecule has 0 aliphatic heterocycles. The molecule has 0 saturated carbocycles. The highest BCUT2D eigenvalue weighted by atomic mass is 19.1. The highest BCUT2D eigenvalue weighted by Gasteiger charge is 2.11. The molecule has 0 saturated heterocycles. The fraction of sp³-hybridized carbons (Fsp3) is 0.429. The summed E-state index contributed by atoms with van der Waals surface area (Å²) in [6.07, 6.45) is 0.591. The molecule has 1 atom stereocenters. The first-order chi connectivity index (χ1) is 9.40. The number of rotatable bonds is 6. The molecule has 0 radical (unpaired) electrons. The van der Waals surface area contributed by atoms with E-state index in [1.807, 2.05) is 6.92 Å². The van der Waals surface area contributed by atoms with E-state index in [0.717, 1.165) is 11.1 Å². The van der Waals surface area contributed by atoms with Gasteiger partial charge in [0.15, 0.2) is 0 Å². The molecule has 2 amide bonds. The molecule has 0 spiro atoms. The average Bonchev–Trinajstić information content (AvgIpc) is 2.38. The van der Waals surface area contributed by atoms with Crippen LogP contribution in [-0.4, -0.2) is 30.2 Å². The van der Waals surface area contributed by atoms with Gasteiger partial charge in [-0.05, 0) is 36.6 Å². The molecule has 110 valence electrons. The molecular formula is C14H19FN2O3. The SMILES string of the molecule is Cc1cc(F)ccc1CCNC(=O)NCC(C)C(=O)O. The van der Waals surface area contributed by atoms with Gasteiger partial charge in [0.1, 0.15) is 5.82 Å². The number of halogens is 1. The Balaban J connectivity index is 2.30. The van der Waals surface area contributed by atoms with Crippen LogP contribution in [-0.2, 0) is 11.2 Å². The molecule has 1 aromatic carbocycles. The van der Waals surface area contributed by atoms with Crippen molar-refractivity contribution in [1.29, 1.82) is 0 Å². The largest absolute Gasteiger partial charge is 0.481 e. The minimum Gasteiger partial charge on any atom is -0.481 e. The Morgan fingerprint density at radius 1 is 1.35 bits per heavy atom. The van der Waals surface area contributed by atoms with E-state index in [1.165, 1.54) is 19.1 Å². The Kier molecular flexibility index (Phi) is 5.96. The van der Waals surface area contributed by atoms with Crippen molar-refractivity contribution < 1.29 is 19.1 Å². The number of carboxylic acid groups (broad SMARTS) is 1. The number of carbonyl (C=O) groups is 2. The van der Waals surface area contributed by atoms with E-state index in [9.17, 15) is 14.0 Å². The van der Waals surface area contributed by atoms with E-state index in [2.05, 4.69) is 10.6 Å². The molecule has 1 unspecified atom stereocenters. The van der Waals surface area contributed by atoms with Crippen molar-refractivity contribution >= 4 is 12.0 Å². The first-order valence-corrected chi connectivity index (χ1v) is 6.39. The topological polar surface area (TPSA) is 78.4 Å². The highest BCUT2D eigenvalue weighted by Crippen LogP contribution is 2.10. The Morgan fingerprint density at radius 2 is 2.05 bits per heavy atom. The van der Waals surface area contributed by atoms with Crippen LogP contribution in [0.25, 0.3) is 0 Å². The molecule has 0 bridgehead atoms. The number of aliphatic carboxylic acids is 1. The Bertz CT molecular complexity index is 491. The summed E-state index contributed by atoms with van der Waals surface area (Å²) in [5, 5.41) is 13.8. The minimum absolute atomic E-state index is 0.0801. The maximum atomic E-state index is 12.9. The molecule has 1 rings (SSSR count). The van der Waals surface area contributed by atoms with Crippen molar-refractivity contribution in [2.75, 3.05) is 13.1 Å². The van der Waals surface area contributed by atoms with Crippen molar-refractivity contribution in [2.24, 2.45) is 5.92 Å². The normalized spacial score (nSPS) is 11.8. The lowest BCUT2D eigenvalue weighted by atomic mass is 10.1. The van der Waals surface area contributed by atoms with Gasteiger partial charge in [0, 0.05) is 13.1 Å².